The Morgan fingerprint density at radius 3 is 2.50 bits per heavy atom. The Morgan fingerprint density at radius 2 is 1.94 bits per heavy atom. The molecule has 0 amide bonds. The van der Waals surface area contributed by atoms with Crippen LogP contribution in [0.4, 0.5) is 0 Å². The molecule has 16 heavy (non-hydrogen) atoms. The maximum Gasteiger partial charge on any atom is 0.194 e. The van der Waals surface area contributed by atoms with Crippen LogP contribution in [0, 0.1) is 13.8 Å². The van der Waals surface area contributed by atoms with E-state index in [4.69, 9.17) is 5.11 Å². The van der Waals surface area contributed by atoms with Crippen LogP contribution >= 0.6 is 0 Å². The highest BCUT2D eigenvalue weighted by Crippen LogP contribution is 2.15. The van der Waals surface area contributed by atoms with Crippen LogP contribution in [-0.2, 0) is 0 Å². The van der Waals surface area contributed by atoms with Gasteiger partial charge in [0.05, 0.1) is 6.61 Å². The third kappa shape index (κ3) is 2.47. The molecule has 3 N–H and O–H groups in total. The minimum absolute atomic E-state index is 0.375. The zero-order valence-corrected chi connectivity index (χ0v) is 9.34. The largest absolute Gasteiger partial charge is 0.394 e. The highest BCUT2D eigenvalue weighted by Gasteiger charge is 2.25. The second-order valence-electron chi connectivity index (χ2n) is 3.81. The molecule has 4 heteroatoms. The summed E-state index contributed by atoms with van der Waals surface area (Å²) < 4.78 is 0. The topological polar surface area (TPSA) is 77.8 Å². The third-order valence-corrected chi connectivity index (χ3v) is 2.69. The summed E-state index contributed by atoms with van der Waals surface area (Å²) in [4.78, 5) is 11.8. The summed E-state index contributed by atoms with van der Waals surface area (Å²) in [6, 6.07) is 5.17. The van der Waals surface area contributed by atoms with Gasteiger partial charge in [-0.25, -0.2) is 0 Å². The summed E-state index contributed by atoms with van der Waals surface area (Å²) in [5.41, 5.74) is 2.09. The van der Waals surface area contributed by atoms with Crippen molar-refractivity contribution in [2.24, 2.45) is 0 Å². The molecule has 0 aliphatic rings. The van der Waals surface area contributed by atoms with Crippen molar-refractivity contribution in [3.8, 4) is 0 Å². The normalized spacial score (nSPS) is 14.6. The van der Waals surface area contributed by atoms with E-state index in [2.05, 4.69) is 0 Å². The van der Waals surface area contributed by atoms with Crippen LogP contribution < -0.4 is 0 Å². The quantitative estimate of drug-likeness (QED) is 0.638. The Bertz CT molecular complexity index is 387. The van der Waals surface area contributed by atoms with Crippen molar-refractivity contribution in [1.82, 2.24) is 0 Å². The first kappa shape index (κ1) is 12.8. The molecule has 1 aromatic rings. The standard InChI is InChI=1S/C12H16O4/c1-7-4-3-5-9(8(7)2)11(15)12(16)10(14)6-13/h3-5,10,12-14,16H,6H2,1-2H3. The average molecular weight is 224 g/mol. The van der Waals surface area contributed by atoms with E-state index in [-0.39, 0.29) is 0 Å². The van der Waals surface area contributed by atoms with Gasteiger partial charge in [0.15, 0.2) is 5.78 Å². The number of carbonyl (C=O) groups is 1. The Kier molecular flexibility index (Phi) is 4.18. The second-order valence-corrected chi connectivity index (χ2v) is 3.81. The monoisotopic (exact) mass is 224 g/mol. The first-order valence-electron chi connectivity index (χ1n) is 5.06. The van der Waals surface area contributed by atoms with Crippen molar-refractivity contribution in [3.05, 3.63) is 34.9 Å². The fraction of sp³-hybridized carbons (Fsp3) is 0.417. The lowest BCUT2D eigenvalue weighted by molar-refractivity contribution is -0.00494. The summed E-state index contributed by atoms with van der Waals surface area (Å²) in [5.74, 6) is -0.567. The summed E-state index contributed by atoms with van der Waals surface area (Å²) in [7, 11) is 0. The van der Waals surface area contributed by atoms with E-state index in [0.29, 0.717) is 5.56 Å². The number of hydrogen-bond acceptors (Lipinski definition) is 4. The van der Waals surface area contributed by atoms with E-state index < -0.39 is 24.6 Å². The van der Waals surface area contributed by atoms with Crippen LogP contribution in [0.5, 0.6) is 0 Å². The molecule has 1 aromatic carbocycles. The number of hydrogen-bond donors (Lipinski definition) is 3. The molecular weight excluding hydrogens is 208 g/mol. The maximum atomic E-state index is 11.8. The number of Topliss-reactive ketones (excluding diaryl/α,β-unsaturated/α-hetero) is 1. The molecule has 0 aliphatic carbocycles. The lowest BCUT2D eigenvalue weighted by atomic mass is 9.96. The number of rotatable bonds is 4. The lowest BCUT2D eigenvalue weighted by Gasteiger charge is -2.16. The zero-order valence-electron chi connectivity index (χ0n) is 9.34. The van der Waals surface area contributed by atoms with Crippen molar-refractivity contribution in [2.75, 3.05) is 6.61 Å². The van der Waals surface area contributed by atoms with E-state index in [1.807, 2.05) is 13.0 Å². The number of aryl methyl sites for hydroxylation is 1. The highest BCUT2D eigenvalue weighted by molar-refractivity contribution is 6.01. The van der Waals surface area contributed by atoms with Crippen molar-refractivity contribution in [2.45, 2.75) is 26.1 Å². The van der Waals surface area contributed by atoms with Crippen molar-refractivity contribution >= 4 is 5.78 Å². The molecule has 0 fully saturated rings. The summed E-state index contributed by atoms with van der Waals surface area (Å²) in [6.45, 7) is 3.00. The summed E-state index contributed by atoms with van der Waals surface area (Å²) in [5, 5.41) is 27.4. The molecule has 0 spiro atoms. The van der Waals surface area contributed by atoms with E-state index >= 15 is 0 Å². The van der Waals surface area contributed by atoms with E-state index in [1.165, 1.54) is 0 Å². The van der Waals surface area contributed by atoms with Crippen molar-refractivity contribution in [3.63, 3.8) is 0 Å². The smallest absolute Gasteiger partial charge is 0.194 e. The molecule has 4 nitrogen and oxygen atoms in total. The minimum atomic E-state index is -1.58. The Balaban J connectivity index is 3.01. The van der Waals surface area contributed by atoms with Crippen LogP contribution in [0.1, 0.15) is 21.5 Å². The highest BCUT2D eigenvalue weighted by atomic mass is 16.4. The second kappa shape index (κ2) is 5.21. The van der Waals surface area contributed by atoms with E-state index in [0.717, 1.165) is 11.1 Å². The molecule has 0 bridgehead atoms. The van der Waals surface area contributed by atoms with Gasteiger partial charge in [0, 0.05) is 5.56 Å². The molecule has 88 valence electrons. The van der Waals surface area contributed by atoms with Gasteiger partial charge in [-0.1, -0.05) is 18.2 Å². The van der Waals surface area contributed by atoms with Gasteiger partial charge in [-0.15, -0.1) is 0 Å². The van der Waals surface area contributed by atoms with Crippen LogP contribution in [0.3, 0.4) is 0 Å². The summed E-state index contributed by atoms with van der Waals surface area (Å²) >= 11 is 0. The predicted molar refractivity (Wildman–Crippen MR) is 59.3 cm³/mol. The van der Waals surface area contributed by atoms with Gasteiger partial charge >= 0.3 is 0 Å². The molecule has 1 rings (SSSR count). The van der Waals surface area contributed by atoms with Crippen LogP contribution in [0.2, 0.25) is 0 Å². The molecule has 0 heterocycles. The Labute approximate surface area is 94.2 Å². The van der Waals surface area contributed by atoms with E-state index in [9.17, 15) is 15.0 Å². The van der Waals surface area contributed by atoms with Gasteiger partial charge in [0.2, 0.25) is 0 Å². The molecule has 2 atom stereocenters. The summed E-state index contributed by atoms with van der Waals surface area (Å²) in [6.07, 6.45) is -3.02. The van der Waals surface area contributed by atoms with Gasteiger partial charge < -0.3 is 15.3 Å². The third-order valence-electron chi connectivity index (χ3n) is 2.69. The number of carbonyl (C=O) groups excluding carboxylic acids is 1. The first-order valence-corrected chi connectivity index (χ1v) is 5.06. The number of benzene rings is 1. The SMILES string of the molecule is Cc1cccc(C(=O)C(O)C(O)CO)c1C. The van der Waals surface area contributed by atoms with Gasteiger partial charge in [-0.05, 0) is 25.0 Å². The number of aliphatic hydroxyl groups excluding tert-OH is 3. The zero-order chi connectivity index (χ0) is 12.3. The fourth-order valence-corrected chi connectivity index (χ4v) is 1.45. The van der Waals surface area contributed by atoms with Crippen molar-refractivity contribution < 1.29 is 20.1 Å². The molecule has 0 saturated carbocycles. The number of aliphatic hydroxyl groups is 3. The van der Waals surface area contributed by atoms with Gasteiger partial charge in [0.1, 0.15) is 12.2 Å². The van der Waals surface area contributed by atoms with Gasteiger partial charge in [-0.3, -0.25) is 4.79 Å². The van der Waals surface area contributed by atoms with Crippen LogP contribution in [0.25, 0.3) is 0 Å². The fourth-order valence-electron chi connectivity index (χ4n) is 1.45. The lowest BCUT2D eigenvalue weighted by Crippen LogP contribution is -2.36. The molecule has 0 radical (unpaired) electrons. The molecular formula is C12H16O4. The maximum absolute atomic E-state index is 11.8. The van der Waals surface area contributed by atoms with Gasteiger partial charge in [0.25, 0.3) is 0 Å². The minimum Gasteiger partial charge on any atom is -0.394 e. The molecule has 0 aliphatic heterocycles. The van der Waals surface area contributed by atoms with Gasteiger partial charge in [-0.2, -0.15) is 0 Å². The Morgan fingerprint density at radius 1 is 1.31 bits per heavy atom. The van der Waals surface area contributed by atoms with Crippen LogP contribution in [-0.4, -0.2) is 39.9 Å². The molecule has 2 unspecified atom stereocenters. The van der Waals surface area contributed by atoms with Crippen molar-refractivity contribution in [1.29, 1.82) is 0 Å². The number of ketones is 1. The predicted octanol–water partition coefficient (Wildman–Crippen LogP) is 0.200. The van der Waals surface area contributed by atoms with E-state index in [1.54, 1.807) is 19.1 Å². The molecule has 0 saturated heterocycles. The first-order chi connectivity index (χ1) is 7.49. The molecule has 0 aromatic heterocycles. The Hall–Kier alpha value is -1.23. The van der Waals surface area contributed by atoms with Crippen LogP contribution in [0.15, 0.2) is 18.2 Å². The average Bonchev–Trinajstić information content (AvgIpc) is 2.29.